The van der Waals surface area contributed by atoms with E-state index in [1.165, 1.54) is 21.8 Å². The average molecular weight is 721 g/mol. The number of alkyl halides is 1. The maximum Gasteiger partial charge on any atom is 0.467 e. The third-order valence-corrected chi connectivity index (χ3v) is 9.78. The van der Waals surface area contributed by atoms with Crippen molar-refractivity contribution in [2.75, 3.05) is 31.3 Å². The van der Waals surface area contributed by atoms with Gasteiger partial charge in [0.2, 0.25) is 5.95 Å². The van der Waals surface area contributed by atoms with Crippen LogP contribution in [0.2, 0.25) is 0 Å². The van der Waals surface area contributed by atoms with Gasteiger partial charge in [-0.25, -0.2) is 28.9 Å². The Balaban J connectivity index is 0.00000401. The number of nitrogens with zero attached hydrogens (tertiary/aromatic N) is 7. The Hall–Kier alpha value is -3.45. The van der Waals surface area contributed by atoms with E-state index in [1.54, 1.807) is 5.25 Å². The summed E-state index contributed by atoms with van der Waals surface area (Å²) >= 11 is 0. The third kappa shape index (κ3) is 5.90. The van der Waals surface area contributed by atoms with Crippen molar-refractivity contribution in [1.82, 2.24) is 50.4 Å². The smallest absolute Gasteiger partial charge is 0.396 e. The number of nitrogens with two attached hydrogens (primary N) is 2. The van der Waals surface area contributed by atoms with Gasteiger partial charge < -0.3 is 51.0 Å². The fourth-order valence-electron chi connectivity index (χ4n) is 5.57. The molecule has 13 N–H and O–H groups in total. The molecular formula is C21H33BFN12O11P2+. The predicted octanol–water partition coefficient (Wildman–Crippen LogP) is -2.13. The van der Waals surface area contributed by atoms with Crippen LogP contribution in [0, 0.1) is 5.92 Å². The van der Waals surface area contributed by atoms with Crippen molar-refractivity contribution in [3.63, 3.8) is 0 Å². The molecule has 262 valence electrons. The molecule has 3 unspecified atom stereocenters. The Kier molecular flexibility index (Phi) is 9.17. The zero-order valence-electron chi connectivity index (χ0n) is 24.2. The molecule has 0 aromatic carbocycles. The lowest BCUT2D eigenvalue weighted by Gasteiger charge is -2.30. The minimum Gasteiger partial charge on any atom is -0.396 e. The molecule has 7 heterocycles. The highest BCUT2D eigenvalue weighted by Gasteiger charge is 2.54. The van der Waals surface area contributed by atoms with Gasteiger partial charge in [-0.15, -0.1) is 0 Å². The standard InChI is InChI=1S/C21H28BFN11O11P2.H3N/c22-46(38)40-3-9-14(10(23)19(43-9)33-5-28-11-15(24)26-4-27-16(11)33)45-47(39,32-37)41-2-8-7(1-35)13(44-46)20(42-8)34-6-29-12-17(34)30-21(25)31-18(12)36;/h4-10,13-14,19-20,35,37H,1-3H2,22H3,(H,32,39)(H2,24,26,27)(H3,25,30,31,36);1H3/q-1;/p+2/t7?,8-,9-,10+,13+,14?,19-,20-,46-,47?;/m1./s1. The van der Waals surface area contributed by atoms with Gasteiger partial charge >= 0.3 is 7.75 Å². The highest BCUT2D eigenvalue weighted by atomic mass is 31.2. The van der Waals surface area contributed by atoms with Crippen LogP contribution in [-0.2, 0) is 36.7 Å². The van der Waals surface area contributed by atoms with Crippen LogP contribution in [0.4, 0.5) is 16.2 Å². The van der Waals surface area contributed by atoms with Crippen molar-refractivity contribution in [2.24, 2.45) is 5.92 Å². The fraction of sp³-hybridized carbons (Fsp3) is 0.524. The lowest BCUT2D eigenvalue weighted by molar-refractivity contribution is -0.0600. The highest BCUT2D eigenvalue weighted by Crippen LogP contribution is 2.54. The summed E-state index contributed by atoms with van der Waals surface area (Å²) in [5, 5.41) is 19.8. The molecule has 4 aromatic heterocycles. The molecule has 23 nitrogen and oxygen atoms in total. The lowest BCUT2D eigenvalue weighted by Crippen LogP contribution is -2.35. The van der Waals surface area contributed by atoms with E-state index in [9.17, 15) is 19.0 Å². The van der Waals surface area contributed by atoms with E-state index in [2.05, 4.69) is 29.9 Å². The number of aliphatic hydroxyl groups excluding tert-OH is 1. The Labute approximate surface area is 268 Å². The monoisotopic (exact) mass is 721 g/mol. The van der Waals surface area contributed by atoms with Crippen molar-refractivity contribution in [2.45, 2.75) is 43.0 Å². The Morgan fingerprint density at radius 2 is 1.71 bits per heavy atom. The van der Waals surface area contributed by atoms with E-state index in [0.29, 0.717) is 0 Å². The van der Waals surface area contributed by atoms with Crippen LogP contribution in [-0.4, -0.2) is 107 Å². The Morgan fingerprint density at radius 1 is 1.02 bits per heavy atom. The number of H-pyrrole nitrogens is 1. The number of nitrogens with one attached hydrogen (secondary N) is 2. The van der Waals surface area contributed by atoms with E-state index in [4.69, 9.17) is 44.2 Å². The molecule has 10 atom stereocenters. The summed E-state index contributed by atoms with van der Waals surface area (Å²) in [6.07, 6.45) is -6.43. The lowest BCUT2D eigenvalue weighted by atomic mass is 9.99. The van der Waals surface area contributed by atoms with E-state index in [0.717, 1.165) is 6.33 Å². The zero-order chi connectivity index (χ0) is 33.2. The van der Waals surface area contributed by atoms with E-state index >= 15 is 4.39 Å². The fourth-order valence-corrected chi connectivity index (χ4v) is 7.45. The summed E-state index contributed by atoms with van der Waals surface area (Å²) in [6, 6.07) is 0. The van der Waals surface area contributed by atoms with Crippen LogP contribution in [0.15, 0.2) is 23.8 Å². The van der Waals surface area contributed by atoms with Gasteiger partial charge in [0, 0.05) is 11.2 Å². The number of imidazole rings is 2. The maximum atomic E-state index is 16.2. The number of hydrogen-bond acceptors (Lipinski definition) is 17. The number of ether oxygens (including phenoxy) is 2. The van der Waals surface area contributed by atoms with Gasteiger partial charge in [-0.1, -0.05) is 0 Å². The number of quaternary nitrogens is 1. The van der Waals surface area contributed by atoms with Crippen molar-refractivity contribution in [3.05, 3.63) is 29.3 Å². The maximum absolute atomic E-state index is 16.2. The van der Waals surface area contributed by atoms with Gasteiger partial charge in [0.05, 0.1) is 46.1 Å². The van der Waals surface area contributed by atoms with Gasteiger partial charge in [-0.05, 0) is 0 Å². The van der Waals surface area contributed by atoms with Gasteiger partial charge in [0.25, 0.3) is 5.56 Å². The number of aromatic amines is 1. The minimum atomic E-state index is -4.64. The first-order valence-corrected chi connectivity index (χ1v) is 16.1. The number of aliphatic hydroxyl groups is 1. The normalized spacial score (nSPS) is 35.8. The molecule has 0 spiro atoms. The average Bonchev–Trinajstić information content (AvgIpc) is 3.79. The first kappa shape index (κ1) is 34.4. The topological polar surface area (TPSA) is 340 Å². The van der Waals surface area contributed by atoms with Gasteiger partial charge in [-0.2, -0.15) is 4.98 Å². The van der Waals surface area contributed by atoms with E-state index in [-0.39, 0.29) is 40.2 Å². The number of halogens is 1. The highest BCUT2D eigenvalue weighted by molar-refractivity contribution is 7.79. The van der Waals surface area contributed by atoms with Crippen molar-refractivity contribution in [1.29, 1.82) is 0 Å². The molecule has 7 rings (SSSR count). The molecule has 2 bridgehead atoms. The molecule has 0 saturated carbocycles. The van der Waals surface area contributed by atoms with Crippen LogP contribution in [0.5, 0.6) is 0 Å². The first-order valence-electron chi connectivity index (χ1n) is 13.5. The number of rotatable bonds is 4. The molecule has 0 aliphatic carbocycles. The van der Waals surface area contributed by atoms with Gasteiger partial charge in [-0.3, -0.25) is 28.0 Å². The molecule has 0 radical (unpaired) electrons. The SMILES string of the molecule is [BH3-][P@@]1(=O)OC[C@H]2O[C@@H](n3cnc4c(N)ncnc43)[C@@H](F)C2OP(=O)(N[OH2+])OC[C@H]2O[C@@H](n3cnc4c(=O)[nH]c(N)nc43)[C@@H](O1)C2CO.[NH4+]. The molecule has 0 amide bonds. The number of aromatic nitrogens is 8. The van der Waals surface area contributed by atoms with Crippen molar-refractivity contribution >= 4 is 56.9 Å². The summed E-state index contributed by atoms with van der Waals surface area (Å²) in [5.74, 6) is -1.13. The quantitative estimate of drug-likeness (QED) is 0.0567. The van der Waals surface area contributed by atoms with E-state index in [1.807, 2.05) is 0 Å². The van der Waals surface area contributed by atoms with Crippen LogP contribution >= 0.6 is 15.2 Å². The Morgan fingerprint density at radius 3 is 2.44 bits per heavy atom. The summed E-state index contributed by atoms with van der Waals surface area (Å²) in [7, 11) is -9.78. The largest absolute Gasteiger partial charge is 0.467 e. The van der Waals surface area contributed by atoms with Crippen molar-refractivity contribution in [3.8, 4) is 0 Å². The van der Waals surface area contributed by atoms with Gasteiger partial charge in [0.15, 0.2) is 41.3 Å². The number of anilines is 2. The second-order valence-electron chi connectivity index (χ2n) is 10.3. The minimum absolute atomic E-state index is 0. The van der Waals surface area contributed by atoms with Crippen LogP contribution in [0.3, 0.4) is 0 Å². The molecule has 4 aromatic rings. The molecule has 3 saturated heterocycles. The Bertz CT molecular complexity index is 1990. The number of nitrogen functional groups attached to an aromatic ring is 2. The number of fused-ring (bicyclic) bond motifs is 5. The molecule has 27 heteroatoms. The summed E-state index contributed by atoms with van der Waals surface area (Å²) in [4.78, 5) is 35.1. The summed E-state index contributed by atoms with van der Waals surface area (Å²) in [6.45, 7) is -1.72. The molecule has 3 aliphatic heterocycles. The van der Waals surface area contributed by atoms with Gasteiger partial charge in [0.1, 0.15) is 37.6 Å². The van der Waals surface area contributed by atoms with Crippen molar-refractivity contribution < 1.29 is 51.4 Å². The van der Waals surface area contributed by atoms with Crippen LogP contribution < -0.4 is 28.4 Å². The predicted molar refractivity (Wildman–Crippen MR) is 165 cm³/mol. The molecule has 48 heavy (non-hydrogen) atoms. The first-order chi connectivity index (χ1) is 22.4. The van der Waals surface area contributed by atoms with Crippen LogP contribution in [0.1, 0.15) is 12.5 Å². The third-order valence-electron chi connectivity index (χ3n) is 7.72. The molecule has 3 aliphatic rings. The molecule has 3 fully saturated rings. The molecular weight excluding hydrogens is 688 g/mol. The van der Waals surface area contributed by atoms with E-state index < -0.39 is 97.1 Å². The summed E-state index contributed by atoms with van der Waals surface area (Å²) in [5.41, 5.74) is 11.2. The zero-order valence-corrected chi connectivity index (χ0v) is 25.9. The second kappa shape index (κ2) is 12.8. The second-order valence-corrected chi connectivity index (χ2v) is 12.9. The number of hydrogen-bond donors (Lipinski definition) is 6. The van der Waals surface area contributed by atoms with Crippen LogP contribution in [0.25, 0.3) is 22.3 Å². The summed E-state index contributed by atoms with van der Waals surface area (Å²) < 4.78 is 81.4.